The number of ether oxygens (including phenoxy) is 1. The number of nitrogens with two attached hydrogens (primary N) is 1. The second kappa shape index (κ2) is 9.01. The summed E-state index contributed by atoms with van der Waals surface area (Å²) >= 11 is 0. The highest BCUT2D eigenvalue weighted by molar-refractivity contribution is 7.87. The van der Waals surface area contributed by atoms with Crippen molar-refractivity contribution < 1.29 is 22.3 Å². The molecule has 154 valence electrons. The van der Waals surface area contributed by atoms with Crippen molar-refractivity contribution >= 4 is 28.5 Å². The number of hydrazone groups is 1. The fourth-order valence-corrected chi connectivity index (χ4v) is 3.44. The number of para-hydroxylation sites is 1. The van der Waals surface area contributed by atoms with E-state index in [0.717, 1.165) is 17.1 Å². The zero-order chi connectivity index (χ0) is 21.6. The Morgan fingerprint density at radius 1 is 1.31 bits per heavy atom. The van der Waals surface area contributed by atoms with Crippen molar-refractivity contribution in [3.05, 3.63) is 58.1 Å². The number of rotatable bonds is 9. The number of benzene rings is 2. The minimum absolute atomic E-state index is 0.0663. The number of hydrogen-bond acceptors (Lipinski definition) is 8. The molecule has 0 aromatic heterocycles. The summed E-state index contributed by atoms with van der Waals surface area (Å²) in [5.74, 6) is -0.0684. The lowest BCUT2D eigenvalue weighted by Gasteiger charge is -2.16. The fraction of sp³-hybridized carbons (Fsp3) is 0.176. The van der Waals surface area contributed by atoms with Gasteiger partial charge in [-0.1, -0.05) is 12.1 Å². The van der Waals surface area contributed by atoms with Crippen LogP contribution in [0.4, 0.5) is 5.69 Å². The van der Waals surface area contributed by atoms with E-state index in [1.54, 1.807) is 13.0 Å². The zero-order valence-electron chi connectivity index (χ0n) is 15.4. The number of nitrogens with zero attached hydrogens (tertiary/aromatic N) is 3. The molecule has 0 radical (unpaired) electrons. The van der Waals surface area contributed by atoms with Gasteiger partial charge in [-0.3, -0.25) is 15.5 Å². The van der Waals surface area contributed by atoms with Gasteiger partial charge in [0.1, 0.15) is 18.1 Å². The Kier molecular flexibility index (Phi) is 6.72. The third kappa shape index (κ3) is 5.65. The van der Waals surface area contributed by atoms with Crippen LogP contribution in [0.15, 0.2) is 52.5 Å². The first-order valence-electron chi connectivity index (χ1n) is 8.14. The van der Waals surface area contributed by atoms with Crippen LogP contribution < -0.4 is 14.7 Å². The van der Waals surface area contributed by atoms with E-state index in [1.807, 2.05) is 0 Å². The van der Waals surface area contributed by atoms with E-state index in [0.29, 0.717) is 11.3 Å². The molecule has 0 fully saturated rings. The summed E-state index contributed by atoms with van der Waals surface area (Å²) in [4.78, 5) is 9.75. The summed E-state index contributed by atoms with van der Waals surface area (Å²) in [5.41, 5.74) is 5.37. The molecule has 0 saturated carbocycles. The van der Waals surface area contributed by atoms with Crippen LogP contribution in [0.3, 0.4) is 0 Å². The maximum atomic E-state index is 12.5. The van der Waals surface area contributed by atoms with Crippen LogP contribution in [-0.2, 0) is 10.1 Å². The van der Waals surface area contributed by atoms with Crippen LogP contribution in [-0.4, -0.2) is 44.2 Å². The van der Waals surface area contributed by atoms with Crippen molar-refractivity contribution in [2.45, 2.75) is 11.8 Å². The monoisotopic (exact) mass is 421 g/mol. The molecule has 2 aromatic carbocycles. The van der Waals surface area contributed by atoms with Crippen LogP contribution in [0.1, 0.15) is 5.56 Å². The molecule has 29 heavy (non-hydrogen) atoms. The molecule has 0 aliphatic rings. The Morgan fingerprint density at radius 2 is 1.97 bits per heavy atom. The maximum absolute atomic E-state index is 12.5. The molecule has 0 atom stereocenters. The number of aryl methyl sites for hydroxylation is 1. The highest BCUT2D eigenvalue weighted by Gasteiger charge is 2.27. The van der Waals surface area contributed by atoms with Gasteiger partial charge in [0.15, 0.2) is 4.90 Å². The largest absolute Gasteiger partial charge is 0.492 e. The summed E-state index contributed by atoms with van der Waals surface area (Å²) in [5, 5.41) is 23.1. The lowest BCUT2D eigenvalue weighted by atomic mass is 10.2. The van der Waals surface area contributed by atoms with Gasteiger partial charge in [0.2, 0.25) is 5.96 Å². The lowest BCUT2D eigenvalue weighted by Crippen LogP contribution is -2.34. The van der Waals surface area contributed by atoms with Gasteiger partial charge in [0.05, 0.1) is 11.5 Å². The van der Waals surface area contributed by atoms with Gasteiger partial charge in [0, 0.05) is 18.9 Å². The van der Waals surface area contributed by atoms with Crippen LogP contribution in [0.25, 0.3) is 0 Å². The summed E-state index contributed by atoms with van der Waals surface area (Å²) in [6, 6.07) is 9.32. The molecule has 0 saturated heterocycles. The molecular formula is C17H19N5O6S. The quantitative estimate of drug-likeness (QED) is 0.204. The minimum atomic E-state index is -4.45. The minimum Gasteiger partial charge on any atom is -0.492 e. The third-order valence-electron chi connectivity index (χ3n) is 3.58. The molecule has 0 unspecified atom stereocenters. The van der Waals surface area contributed by atoms with Crippen molar-refractivity contribution in [3.8, 4) is 11.5 Å². The number of nitro benzene ring substituents is 1. The van der Waals surface area contributed by atoms with Crippen LogP contribution in [0, 0.1) is 22.4 Å². The van der Waals surface area contributed by atoms with Gasteiger partial charge in [-0.15, -0.1) is 0 Å². The van der Waals surface area contributed by atoms with Crippen LogP contribution >= 0.6 is 0 Å². The first-order chi connectivity index (χ1) is 13.6. The normalized spacial score (nSPS) is 10.8. The SMILES string of the molecule is C=NN(CCOc1cc(C)cc(OS(=O)(=O)c2ccccc2[N+](=O)[O-])c1)C(=N)N. The summed E-state index contributed by atoms with van der Waals surface area (Å²) in [6.07, 6.45) is 0. The Hall–Kier alpha value is -3.67. The topological polar surface area (TPSA) is 161 Å². The standard InChI is InChI=1S/C17H19N5O6S/c1-12-9-13(27-8-7-21(20-2)17(18)19)11-14(10-12)28-29(25,26)16-6-4-3-5-15(16)22(23)24/h3-6,9-11H,2,7-8H2,1H3,(H3,18,19). The molecule has 12 heteroatoms. The highest BCUT2D eigenvalue weighted by Crippen LogP contribution is 2.29. The zero-order valence-corrected chi connectivity index (χ0v) is 16.3. The summed E-state index contributed by atoms with van der Waals surface area (Å²) in [7, 11) is -4.45. The molecule has 2 aromatic rings. The van der Waals surface area contributed by atoms with Crippen molar-refractivity contribution in [2.24, 2.45) is 10.8 Å². The fourth-order valence-electron chi connectivity index (χ4n) is 2.35. The number of guanidine groups is 1. The van der Waals surface area contributed by atoms with E-state index in [-0.39, 0.29) is 24.9 Å². The van der Waals surface area contributed by atoms with Crippen molar-refractivity contribution in [2.75, 3.05) is 13.2 Å². The molecule has 2 rings (SSSR count). The lowest BCUT2D eigenvalue weighted by molar-refractivity contribution is -0.387. The Labute approximate surface area is 167 Å². The Bertz CT molecular complexity index is 1040. The molecule has 0 bridgehead atoms. The Morgan fingerprint density at radius 3 is 2.59 bits per heavy atom. The molecule has 0 aliphatic heterocycles. The predicted molar refractivity (Wildman–Crippen MR) is 106 cm³/mol. The van der Waals surface area contributed by atoms with Crippen molar-refractivity contribution in [1.82, 2.24) is 5.01 Å². The molecule has 3 N–H and O–H groups in total. The van der Waals surface area contributed by atoms with E-state index in [2.05, 4.69) is 11.8 Å². The summed E-state index contributed by atoms with van der Waals surface area (Å²) in [6.45, 7) is 5.22. The average Bonchev–Trinajstić information content (AvgIpc) is 2.64. The molecule has 11 nitrogen and oxygen atoms in total. The van der Waals surface area contributed by atoms with Crippen LogP contribution in [0.2, 0.25) is 0 Å². The second-order valence-electron chi connectivity index (χ2n) is 5.74. The number of hydrogen-bond donors (Lipinski definition) is 2. The summed E-state index contributed by atoms with van der Waals surface area (Å²) < 4.78 is 35.7. The highest BCUT2D eigenvalue weighted by atomic mass is 32.2. The van der Waals surface area contributed by atoms with E-state index in [4.69, 9.17) is 20.1 Å². The first kappa shape index (κ1) is 21.6. The molecule has 0 heterocycles. The third-order valence-corrected chi connectivity index (χ3v) is 4.88. The van der Waals surface area contributed by atoms with Crippen molar-refractivity contribution in [3.63, 3.8) is 0 Å². The van der Waals surface area contributed by atoms with E-state index in [9.17, 15) is 18.5 Å². The van der Waals surface area contributed by atoms with E-state index < -0.39 is 25.6 Å². The van der Waals surface area contributed by atoms with E-state index >= 15 is 0 Å². The predicted octanol–water partition coefficient (Wildman–Crippen LogP) is 1.86. The Balaban J connectivity index is 2.21. The van der Waals surface area contributed by atoms with Gasteiger partial charge in [-0.2, -0.15) is 13.5 Å². The van der Waals surface area contributed by atoms with Crippen LogP contribution in [0.5, 0.6) is 11.5 Å². The van der Waals surface area contributed by atoms with Gasteiger partial charge in [-0.05, 0) is 30.7 Å². The molecular weight excluding hydrogens is 402 g/mol. The number of nitro groups is 1. The van der Waals surface area contributed by atoms with Gasteiger partial charge >= 0.3 is 10.1 Å². The smallest absolute Gasteiger partial charge is 0.346 e. The maximum Gasteiger partial charge on any atom is 0.346 e. The van der Waals surface area contributed by atoms with Gasteiger partial charge in [0.25, 0.3) is 5.69 Å². The average molecular weight is 421 g/mol. The second-order valence-corrected chi connectivity index (χ2v) is 7.26. The van der Waals surface area contributed by atoms with Crippen molar-refractivity contribution in [1.29, 1.82) is 5.41 Å². The molecule has 0 amide bonds. The first-order valence-corrected chi connectivity index (χ1v) is 9.55. The molecule has 0 aliphatic carbocycles. The number of nitrogens with one attached hydrogen (secondary N) is 1. The van der Waals surface area contributed by atoms with Gasteiger partial charge < -0.3 is 14.7 Å². The van der Waals surface area contributed by atoms with E-state index in [1.165, 1.54) is 24.3 Å². The van der Waals surface area contributed by atoms with Gasteiger partial charge in [-0.25, -0.2) is 5.01 Å². The molecule has 0 spiro atoms.